The van der Waals surface area contributed by atoms with Gasteiger partial charge in [0, 0.05) is 25.7 Å². The zero-order valence-corrected chi connectivity index (χ0v) is 12.9. The second-order valence-corrected chi connectivity index (χ2v) is 5.88. The molecule has 22 heavy (non-hydrogen) atoms. The van der Waals surface area contributed by atoms with Crippen LogP contribution in [-0.4, -0.2) is 47.8 Å². The van der Waals surface area contributed by atoms with Crippen LogP contribution in [0.15, 0.2) is 24.3 Å². The SMILES string of the molecule is CC(CO)NC(=O)NC1CCN(Cc2ccc(F)cc2)CC1. The third-order valence-electron chi connectivity index (χ3n) is 3.89. The monoisotopic (exact) mass is 309 g/mol. The number of carbonyl (C=O) groups excluding carboxylic acids is 1. The molecule has 1 unspecified atom stereocenters. The lowest BCUT2D eigenvalue weighted by Crippen LogP contribution is -2.50. The van der Waals surface area contributed by atoms with E-state index in [-0.39, 0.29) is 30.5 Å². The molecule has 2 rings (SSSR count). The van der Waals surface area contributed by atoms with Crippen molar-refractivity contribution in [1.29, 1.82) is 0 Å². The fourth-order valence-corrected chi connectivity index (χ4v) is 2.58. The first-order valence-corrected chi connectivity index (χ1v) is 7.71. The number of hydrogen-bond donors (Lipinski definition) is 3. The van der Waals surface area contributed by atoms with Crippen LogP contribution in [0, 0.1) is 5.82 Å². The van der Waals surface area contributed by atoms with Gasteiger partial charge in [-0.25, -0.2) is 9.18 Å². The van der Waals surface area contributed by atoms with Crippen molar-refractivity contribution in [1.82, 2.24) is 15.5 Å². The predicted molar refractivity (Wildman–Crippen MR) is 82.9 cm³/mol. The van der Waals surface area contributed by atoms with Gasteiger partial charge in [-0.15, -0.1) is 0 Å². The van der Waals surface area contributed by atoms with Crippen LogP contribution in [0.1, 0.15) is 25.3 Å². The highest BCUT2D eigenvalue weighted by atomic mass is 19.1. The van der Waals surface area contributed by atoms with Crippen LogP contribution >= 0.6 is 0 Å². The standard InChI is InChI=1S/C16H24FN3O2/c1-12(11-21)18-16(22)19-15-6-8-20(9-7-15)10-13-2-4-14(17)5-3-13/h2-5,12,15,21H,6-11H2,1H3,(H2,18,19,22). The predicted octanol–water partition coefficient (Wildman–Crippen LogP) is 1.47. The number of benzene rings is 1. The normalized spacial score (nSPS) is 18.0. The molecule has 1 aliphatic rings. The van der Waals surface area contributed by atoms with Crippen molar-refractivity contribution in [3.05, 3.63) is 35.6 Å². The Kier molecular flexibility index (Phi) is 6.15. The van der Waals surface area contributed by atoms with Gasteiger partial charge in [0.25, 0.3) is 0 Å². The van der Waals surface area contributed by atoms with Crippen LogP contribution in [-0.2, 0) is 6.54 Å². The number of nitrogens with one attached hydrogen (secondary N) is 2. The first-order valence-electron chi connectivity index (χ1n) is 7.71. The molecule has 0 bridgehead atoms. The smallest absolute Gasteiger partial charge is 0.315 e. The molecule has 2 amide bonds. The minimum atomic E-state index is -0.237. The number of aliphatic hydroxyl groups excluding tert-OH is 1. The summed E-state index contributed by atoms with van der Waals surface area (Å²) in [5, 5.41) is 14.5. The highest BCUT2D eigenvalue weighted by molar-refractivity contribution is 5.74. The molecule has 1 aromatic carbocycles. The Morgan fingerprint density at radius 3 is 2.59 bits per heavy atom. The molecule has 1 saturated heterocycles. The highest BCUT2D eigenvalue weighted by Crippen LogP contribution is 2.14. The van der Waals surface area contributed by atoms with E-state index in [0.29, 0.717) is 0 Å². The minimum absolute atomic E-state index is 0.0659. The largest absolute Gasteiger partial charge is 0.394 e. The van der Waals surface area contributed by atoms with Crippen LogP contribution < -0.4 is 10.6 Å². The summed E-state index contributed by atoms with van der Waals surface area (Å²) in [7, 11) is 0. The number of nitrogens with zero attached hydrogens (tertiary/aromatic N) is 1. The second-order valence-electron chi connectivity index (χ2n) is 5.88. The molecule has 0 saturated carbocycles. The molecule has 5 nitrogen and oxygen atoms in total. The summed E-state index contributed by atoms with van der Waals surface area (Å²) in [6.45, 7) is 4.30. The first kappa shape index (κ1) is 16.7. The van der Waals surface area contributed by atoms with Gasteiger partial charge in [-0.2, -0.15) is 0 Å². The minimum Gasteiger partial charge on any atom is -0.394 e. The van der Waals surface area contributed by atoms with Gasteiger partial charge in [0.1, 0.15) is 5.82 Å². The molecule has 122 valence electrons. The number of likely N-dealkylation sites (tertiary alicyclic amines) is 1. The van der Waals surface area contributed by atoms with Crippen LogP contribution in [0.3, 0.4) is 0 Å². The van der Waals surface area contributed by atoms with E-state index in [0.717, 1.165) is 38.0 Å². The van der Waals surface area contributed by atoms with Gasteiger partial charge in [-0.1, -0.05) is 12.1 Å². The van der Waals surface area contributed by atoms with Crippen LogP contribution in [0.2, 0.25) is 0 Å². The van der Waals surface area contributed by atoms with Crippen molar-refractivity contribution in [2.45, 2.75) is 38.4 Å². The van der Waals surface area contributed by atoms with Gasteiger partial charge >= 0.3 is 6.03 Å². The average Bonchev–Trinajstić information content (AvgIpc) is 2.51. The van der Waals surface area contributed by atoms with E-state index in [4.69, 9.17) is 5.11 Å². The van der Waals surface area contributed by atoms with E-state index in [2.05, 4.69) is 15.5 Å². The Hall–Kier alpha value is -1.66. The number of urea groups is 1. The third kappa shape index (κ3) is 5.27. The Balaban J connectivity index is 1.71. The van der Waals surface area contributed by atoms with Gasteiger partial charge in [-0.05, 0) is 37.5 Å². The van der Waals surface area contributed by atoms with Crippen LogP contribution in [0.25, 0.3) is 0 Å². The fraction of sp³-hybridized carbons (Fsp3) is 0.562. The molecule has 1 fully saturated rings. The summed E-state index contributed by atoms with van der Waals surface area (Å²) < 4.78 is 12.9. The lowest BCUT2D eigenvalue weighted by atomic mass is 10.0. The lowest BCUT2D eigenvalue weighted by Gasteiger charge is -2.32. The molecular weight excluding hydrogens is 285 g/mol. The molecule has 1 aliphatic heterocycles. The summed E-state index contributed by atoms with van der Waals surface area (Å²) in [6, 6.07) is 6.28. The molecule has 0 radical (unpaired) electrons. The van der Waals surface area contributed by atoms with E-state index >= 15 is 0 Å². The summed E-state index contributed by atoms with van der Waals surface area (Å²) in [5.41, 5.74) is 1.10. The maximum Gasteiger partial charge on any atom is 0.315 e. The summed E-state index contributed by atoms with van der Waals surface area (Å²) in [5.74, 6) is -0.213. The van der Waals surface area contributed by atoms with Gasteiger partial charge in [0.05, 0.1) is 12.6 Å². The van der Waals surface area contributed by atoms with Crippen molar-refractivity contribution >= 4 is 6.03 Å². The van der Waals surface area contributed by atoms with E-state index in [1.165, 1.54) is 12.1 Å². The average molecular weight is 309 g/mol. The lowest BCUT2D eigenvalue weighted by molar-refractivity contribution is 0.183. The maximum absolute atomic E-state index is 12.9. The Morgan fingerprint density at radius 2 is 2.00 bits per heavy atom. The molecule has 3 N–H and O–H groups in total. The van der Waals surface area contributed by atoms with Crippen LogP contribution in [0.4, 0.5) is 9.18 Å². The number of rotatable bonds is 5. The molecule has 0 aromatic heterocycles. The Labute approximate surface area is 130 Å². The molecule has 0 aliphatic carbocycles. The van der Waals surface area contributed by atoms with Crippen molar-refractivity contribution < 1.29 is 14.3 Å². The fourth-order valence-electron chi connectivity index (χ4n) is 2.58. The molecular formula is C16H24FN3O2. The third-order valence-corrected chi connectivity index (χ3v) is 3.89. The van der Waals surface area contributed by atoms with Crippen molar-refractivity contribution in [3.8, 4) is 0 Å². The van der Waals surface area contributed by atoms with E-state index in [1.54, 1.807) is 6.92 Å². The maximum atomic E-state index is 12.9. The van der Waals surface area contributed by atoms with Gasteiger partial charge in [0.2, 0.25) is 0 Å². The van der Waals surface area contributed by atoms with Gasteiger partial charge in [-0.3, -0.25) is 4.90 Å². The quantitative estimate of drug-likeness (QED) is 0.772. The number of amides is 2. The molecule has 6 heteroatoms. The second kappa shape index (κ2) is 8.10. The zero-order chi connectivity index (χ0) is 15.9. The molecule has 1 atom stereocenters. The number of carbonyl (C=O) groups is 1. The van der Waals surface area contributed by atoms with Gasteiger partial charge < -0.3 is 15.7 Å². The summed E-state index contributed by atoms with van der Waals surface area (Å²) >= 11 is 0. The highest BCUT2D eigenvalue weighted by Gasteiger charge is 2.21. The topological polar surface area (TPSA) is 64.6 Å². The van der Waals surface area contributed by atoms with Crippen molar-refractivity contribution in [2.75, 3.05) is 19.7 Å². The number of piperidine rings is 1. The number of aliphatic hydroxyl groups is 1. The van der Waals surface area contributed by atoms with E-state index in [9.17, 15) is 9.18 Å². The molecule has 1 aromatic rings. The number of halogens is 1. The Morgan fingerprint density at radius 1 is 1.36 bits per heavy atom. The first-order chi connectivity index (χ1) is 10.6. The zero-order valence-electron chi connectivity index (χ0n) is 12.9. The summed E-state index contributed by atoms with van der Waals surface area (Å²) in [6.07, 6.45) is 1.78. The van der Waals surface area contributed by atoms with E-state index < -0.39 is 0 Å². The summed E-state index contributed by atoms with van der Waals surface area (Å²) in [4.78, 5) is 14.0. The van der Waals surface area contributed by atoms with Crippen molar-refractivity contribution in [2.24, 2.45) is 0 Å². The van der Waals surface area contributed by atoms with Gasteiger partial charge in [0.15, 0.2) is 0 Å². The van der Waals surface area contributed by atoms with Crippen molar-refractivity contribution in [3.63, 3.8) is 0 Å². The molecule has 1 heterocycles. The molecule has 0 spiro atoms. The number of hydrogen-bond acceptors (Lipinski definition) is 3. The Bertz CT molecular complexity index is 473. The van der Waals surface area contributed by atoms with E-state index in [1.807, 2.05) is 12.1 Å². The van der Waals surface area contributed by atoms with Crippen LogP contribution in [0.5, 0.6) is 0 Å².